The highest BCUT2D eigenvalue weighted by atomic mass is 16.6. The number of piperazine rings is 1. The van der Waals surface area contributed by atoms with E-state index in [0.29, 0.717) is 6.54 Å². The summed E-state index contributed by atoms with van der Waals surface area (Å²) >= 11 is 0. The number of carbonyl (C=O) groups is 1. The Morgan fingerprint density at radius 2 is 2.16 bits per heavy atom. The Hall–Kier alpha value is -0.850. The minimum Gasteiger partial charge on any atom is -0.444 e. The maximum Gasteiger partial charge on any atom is 0.410 e. The number of rotatable bonds is 2. The van der Waals surface area contributed by atoms with E-state index in [9.17, 15) is 9.90 Å². The molecule has 0 radical (unpaired) electrons. The number of nitrogens with zero attached hydrogens (tertiary/aromatic N) is 1. The van der Waals surface area contributed by atoms with Gasteiger partial charge in [0.25, 0.3) is 0 Å². The average Bonchev–Trinajstić information content (AvgIpc) is 2.61. The SMILES string of the molecule is CC(C)(C)OC(=O)N1[C@H]2CC[C@@H]1C(C(O)CO)NC2. The van der Waals surface area contributed by atoms with Crippen LogP contribution < -0.4 is 5.32 Å². The summed E-state index contributed by atoms with van der Waals surface area (Å²) in [5.74, 6) is 0. The summed E-state index contributed by atoms with van der Waals surface area (Å²) in [5, 5.41) is 22.2. The summed E-state index contributed by atoms with van der Waals surface area (Å²) in [6, 6.07) is -0.256. The number of carbonyl (C=O) groups excluding carboxylic acids is 1. The third kappa shape index (κ3) is 3.01. The maximum atomic E-state index is 12.3. The predicted octanol–water partition coefficient (Wildman–Crippen LogP) is 0.0795. The molecule has 2 bridgehead atoms. The first-order valence-corrected chi connectivity index (χ1v) is 6.87. The summed E-state index contributed by atoms with van der Waals surface area (Å²) in [4.78, 5) is 14.0. The van der Waals surface area contributed by atoms with Crippen molar-refractivity contribution in [2.75, 3.05) is 13.2 Å². The zero-order chi connectivity index (χ0) is 14.2. The standard InChI is InChI=1S/C13H24N2O4/c1-13(2,3)19-12(18)15-8-4-5-9(15)11(14-6-8)10(17)7-16/h8-11,14,16-17H,4-7H2,1-3H3/t8-,9+,10?,11?/m0/s1. The molecule has 2 heterocycles. The first-order valence-electron chi connectivity index (χ1n) is 6.87. The highest BCUT2D eigenvalue weighted by molar-refractivity contribution is 5.70. The van der Waals surface area contributed by atoms with E-state index < -0.39 is 11.7 Å². The second-order valence-corrected chi connectivity index (χ2v) is 6.37. The van der Waals surface area contributed by atoms with Gasteiger partial charge in [-0.3, -0.25) is 4.90 Å². The molecule has 2 fully saturated rings. The smallest absolute Gasteiger partial charge is 0.410 e. The van der Waals surface area contributed by atoms with Crippen LogP contribution in [0.1, 0.15) is 33.6 Å². The minimum absolute atomic E-state index is 0.101. The van der Waals surface area contributed by atoms with Crippen molar-refractivity contribution in [3.05, 3.63) is 0 Å². The third-order valence-corrected chi connectivity index (χ3v) is 3.76. The van der Waals surface area contributed by atoms with Crippen LogP contribution >= 0.6 is 0 Å². The molecule has 2 rings (SSSR count). The molecule has 0 aliphatic carbocycles. The van der Waals surface area contributed by atoms with Crippen LogP contribution in [0.2, 0.25) is 0 Å². The molecule has 0 aromatic heterocycles. The molecule has 0 saturated carbocycles. The van der Waals surface area contributed by atoms with Crippen LogP contribution in [0.5, 0.6) is 0 Å². The van der Waals surface area contributed by atoms with Gasteiger partial charge in [0.1, 0.15) is 5.60 Å². The summed E-state index contributed by atoms with van der Waals surface area (Å²) in [6.45, 7) is 5.86. The first kappa shape index (κ1) is 14.6. The number of fused-ring (bicyclic) bond motifs is 2. The first-order chi connectivity index (χ1) is 8.83. The minimum atomic E-state index is -0.853. The predicted molar refractivity (Wildman–Crippen MR) is 69.8 cm³/mol. The van der Waals surface area contributed by atoms with Gasteiger partial charge in [-0.1, -0.05) is 0 Å². The van der Waals surface area contributed by atoms with Gasteiger partial charge in [0.2, 0.25) is 0 Å². The van der Waals surface area contributed by atoms with Gasteiger partial charge in [0.15, 0.2) is 0 Å². The van der Waals surface area contributed by atoms with Crippen molar-refractivity contribution in [3.63, 3.8) is 0 Å². The van der Waals surface area contributed by atoms with E-state index in [1.807, 2.05) is 20.8 Å². The Labute approximate surface area is 113 Å². The van der Waals surface area contributed by atoms with Crippen molar-refractivity contribution in [2.24, 2.45) is 0 Å². The van der Waals surface area contributed by atoms with E-state index in [4.69, 9.17) is 9.84 Å². The van der Waals surface area contributed by atoms with Crippen LogP contribution in [0.3, 0.4) is 0 Å². The van der Waals surface area contributed by atoms with Crippen LogP contribution in [0.25, 0.3) is 0 Å². The fourth-order valence-electron chi connectivity index (χ4n) is 2.98. The second kappa shape index (κ2) is 5.26. The van der Waals surface area contributed by atoms with Gasteiger partial charge in [-0.15, -0.1) is 0 Å². The van der Waals surface area contributed by atoms with Crippen molar-refractivity contribution in [1.29, 1.82) is 0 Å². The summed E-state index contributed by atoms with van der Waals surface area (Å²) in [5.41, 5.74) is -0.521. The van der Waals surface area contributed by atoms with Gasteiger partial charge in [-0.25, -0.2) is 4.79 Å². The molecule has 19 heavy (non-hydrogen) atoms. The Morgan fingerprint density at radius 1 is 1.47 bits per heavy atom. The highest BCUT2D eigenvalue weighted by Crippen LogP contribution is 2.32. The van der Waals surface area contributed by atoms with Crippen molar-refractivity contribution < 1.29 is 19.7 Å². The molecule has 2 saturated heterocycles. The summed E-state index contributed by atoms with van der Waals surface area (Å²) in [7, 11) is 0. The van der Waals surface area contributed by atoms with Gasteiger partial charge < -0.3 is 20.3 Å². The van der Waals surface area contributed by atoms with E-state index >= 15 is 0 Å². The normalized spacial score (nSPS) is 32.3. The molecule has 1 amide bonds. The highest BCUT2D eigenvalue weighted by Gasteiger charge is 2.48. The van der Waals surface area contributed by atoms with E-state index in [2.05, 4.69) is 5.32 Å². The monoisotopic (exact) mass is 272 g/mol. The number of aliphatic hydroxyl groups is 2. The Bertz CT molecular complexity index is 342. The quantitative estimate of drug-likeness (QED) is 0.663. The molecule has 0 aromatic carbocycles. The van der Waals surface area contributed by atoms with Crippen LogP contribution in [0.4, 0.5) is 4.79 Å². The zero-order valence-corrected chi connectivity index (χ0v) is 11.8. The average molecular weight is 272 g/mol. The Balaban J connectivity index is 2.10. The van der Waals surface area contributed by atoms with Crippen molar-refractivity contribution in [1.82, 2.24) is 10.2 Å². The topological polar surface area (TPSA) is 82.0 Å². The van der Waals surface area contributed by atoms with Crippen molar-refractivity contribution in [3.8, 4) is 0 Å². The lowest BCUT2D eigenvalue weighted by Gasteiger charge is -2.42. The van der Waals surface area contributed by atoms with E-state index in [1.54, 1.807) is 4.90 Å². The largest absolute Gasteiger partial charge is 0.444 e. The van der Waals surface area contributed by atoms with Crippen LogP contribution in [-0.2, 0) is 4.74 Å². The molecule has 4 atom stereocenters. The summed E-state index contributed by atoms with van der Waals surface area (Å²) < 4.78 is 5.43. The van der Waals surface area contributed by atoms with Gasteiger partial charge in [-0.05, 0) is 33.6 Å². The van der Waals surface area contributed by atoms with Gasteiger partial charge in [0, 0.05) is 12.6 Å². The van der Waals surface area contributed by atoms with Crippen LogP contribution in [-0.4, -0.2) is 64.2 Å². The molecule has 2 unspecified atom stereocenters. The molecule has 3 N–H and O–H groups in total. The molecular weight excluding hydrogens is 248 g/mol. The number of amides is 1. The molecule has 6 heteroatoms. The Morgan fingerprint density at radius 3 is 2.74 bits per heavy atom. The third-order valence-electron chi connectivity index (χ3n) is 3.76. The molecular formula is C13H24N2O4. The fourth-order valence-corrected chi connectivity index (χ4v) is 2.98. The van der Waals surface area contributed by atoms with E-state index in [1.165, 1.54) is 0 Å². The molecule has 110 valence electrons. The van der Waals surface area contributed by atoms with Gasteiger partial charge in [0.05, 0.1) is 24.8 Å². The molecule has 2 aliphatic rings. The van der Waals surface area contributed by atoms with Crippen LogP contribution in [0.15, 0.2) is 0 Å². The fraction of sp³-hybridized carbons (Fsp3) is 0.923. The summed E-state index contributed by atoms with van der Waals surface area (Å²) in [6.07, 6.45) is 0.565. The number of aliphatic hydroxyl groups excluding tert-OH is 2. The van der Waals surface area contributed by atoms with E-state index in [-0.39, 0.29) is 30.8 Å². The lowest BCUT2D eigenvalue weighted by molar-refractivity contribution is -0.0183. The molecule has 0 aromatic rings. The van der Waals surface area contributed by atoms with Gasteiger partial charge in [-0.2, -0.15) is 0 Å². The van der Waals surface area contributed by atoms with Crippen molar-refractivity contribution >= 4 is 6.09 Å². The van der Waals surface area contributed by atoms with Crippen LogP contribution in [0, 0.1) is 0 Å². The number of hydrogen-bond acceptors (Lipinski definition) is 5. The maximum absolute atomic E-state index is 12.3. The Kier molecular flexibility index (Phi) is 4.03. The van der Waals surface area contributed by atoms with Crippen molar-refractivity contribution in [2.45, 2.75) is 63.4 Å². The number of nitrogens with one attached hydrogen (secondary N) is 1. The zero-order valence-electron chi connectivity index (χ0n) is 11.8. The number of hydrogen-bond donors (Lipinski definition) is 3. The lowest BCUT2D eigenvalue weighted by atomic mass is 10.00. The lowest BCUT2D eigenvalue weighted by Crippen LogP contribution is -2.64. The molecule has 6 nitrogen and oxygen atoms in total. The molecule has 2 aliphatic heterocycles. The second-order valence-electron chi connectivity index (χ2n) is 6.37. The van der Waals surface area contributed by atoms with Gasteiger partial charge >= 0.3 is 6.09 Å². The van der Waals surface area contributed by atoms with E-state index in [0.717, 1.165) is 12.8 Å². The molecule has 0 spiro atoms. The number of ether oxygens (including phenoxy) is 1.